The van der Waals surface area contributed by atoms with Gasteiger partial charge in [0, 0.05) is 23.7 Å². The lowest BCUT2D eigenvalue weighted by Crippen LogP contribution is -2.60. The summed E-state index contributed by atoms with van der Waals surface area (Å²) in [5, 5.41) is 11.7. The van der Waals surface area contributed by atoms with Gasteiger partial charge in [-0.1, -0.05) is 19.4 Å². The van der Waals surface area contributed by atoms with Crippen molar-refractivity contribution in [1.82, 2.24) is 0 Å². The molecule has 5 fully saturated rings. The Hall–Kier alpha value is 0.550. The minimum atomic E-state index is -0.825. The molecule has 0 radical (unpaired) electrons. The number of aliphatic hydroxyl groups is 1. The zero-order valence-electron chi connectivity index (χ0n) is 20.2. The van der Waals surface area contributed by atoms with Crippen LogP contribution in [0.15, 0.2) is 11.6 Å². The Labute approximate surface area is 238 Å². The Morgan fingerprint density at radius 3 is 2.50 bits per heavy atom. The van der Waals surface area contributed by atoms with E-state index in [-0.39, 0.29) is 108 Å². The van der Waals surface area contributed by atoms with Crippen molar-refractivity contribution < 1.29 is 24.2 Å². The van der Waals surface area contributed by atoms with Crippen LogP contribution in [0.5, 0.6) is 0 Å². The largest absolute Gasteiger partial charge is 0.469 e. The lowest BCUT2D eigenvalue weighted by atomic mass is 9.46. The van der Waals surface area contributed by atoms with Gasteiger partial charge in [-0.2, -0.15) is 67.5 Å². The lowest BCUT2D eigenvalue weighted by molar-refractivity contribution is -0.147. The lowest BCUT2D eigenvalue weighted by Gasteiger charge is -2.56. The van der Waals surface area contributed by atoms with Crippen LogP contribution < -0.4 is 0 Å². The maximum absolute atomic E-state index is 12.2. The van der Waals surface area contributed by atoms with Crippen molar-refractivity contribution in [3.8, 4) is 0 Å². The molecule has 6 rings (SSSR count). The number of rotatable bonds is 3. The fourth-order valence-electron chi connectivity index (χ4n) is 8.75. The number of ether oxygens (including phenoxy) is 2. The number of methoxy groups -OCH3 is 1. The van der Waals surface area contributed by atoms with Crippen LogP contribution in [-0.4, -0.2) is 41.3 Å². The monoisotopic (exact) mass is 570 g/mol. The quantitative estimate of drug-likeness (QED) is 0.413. The highest BCUT2D eigenvalue weighted by Crippen LogP contribution is 2.82. The number of ketones is 1. The summed E-state index contributed by atoms with van der Waals surface area (Å²) in [7, 11) is 1.41. The molecule has 0 aromatic rings. The van der Waals surface area contributed by atoms with Crippen LogP contribution in [0.4, 0.5) is 0 Å². The highest BCUT2D eigenvalue weighted by atomic mass is 32.1. The van der Waals surface area contributed by atoms with E-state index in [2.05, 4.69) is 13.8 Å². The molecule has 198 valence electrons. The fraction of sp³-hybridized carbons (Fsp3) is 0.833. The van der Waals surface area contributed by atoms with Crippen LogP contribution in [0.1, 0.15) is 65.2 Å². The van der Waals surface area contributed by atoms with E-state index in [9.17, 15) is 14.7 Å². The Balaban J connectivity index is 0.00000116. The fourth-order valence-corrected chi connectivity index (χ4v) is 8.75. The van der Waals surface area contributed by atoms with Crippen LogP contribution in [-0.2, 0) is 19.1 Å². The van der Waals surface area contributed by atoms with E-state index in [4.69, 9.17) is 9.47 Å². The van der Waals surface area contributed by atoms with E-state index in [1.165, 1.54) is 19.1 Å². The summed E-state index contributed by atoms with van der Waals surface area (Å²) < 4.78 is 11.5. The summed E-state index contributed by atoms with van der Waals surface area (Å²) in [6.45, 7) is 4.61. The summed E-state index contributed by atoms with van der Waals surface area (Å²) in [6.07, 6.45) is 8.22. The van der Waals surface area contributed by atoms with Crippen LogP contribution in [0.2, 0.25) is 0 Å². The van der Waals surface area contributed by atoms with Gasteiger partial charge in [-0.05, 0) is 68.3 Å². The van der Waals surface area contributed by atoms with Gasteiger partial charge in [-0.3, -0.25) is 9.59 Å². The molecule has 5 aliphatic carbocycles. The van der Waals surface area contributed by atoms with E-state index in [1.807, 2.05) is 6.08 Å². The molecule has 34 heavy (non-hydrogen) atoms. The van der Waals surface area contributed by atoms with E-state index in [1.54, 1.807) is 0 Å². The van der Waals surface area contributed by atoms with Gasteiger partial charge < -0.3 is 14.6 Å². The number of hydrogen-bond donors (Lipinski definition) is 1. The molecule has 9 atom stereocenters. The first-order chi connectivity index (χ1) is 13.7. The van der Waals surface area contributed by atoms with Crippen LogP contribution >= 0.6 is 67.5 Å². The number of carbonyl (C=O) groups excluding carboxylic acids is 2. The van der Waals surface area contributed by atoms with Gasteiger partial charge in [0.1, 0.15) is 5.60 Å². The number of fused-ring (bicyclic) bond motifs is 6. The molecule has 10 heteroatoms. The third kappa shape index (κ3) is 3.78. The summed E-state index contributed by atoms with van der Waals surface area (Å²) in [6, 6.07) is 0. The molecule has 1 saturated heterocycles. The Morgan fingerprint density at radius 2 is 1.85 bits per heavy atom. The third-order valence-corrected chi connectivity index (χ3v) is 10.4. The smallest absolute Gasteiger partial charge is 0.305 e. The van der Waals surface area contributed by atoms with Crippen LogP contribution in [0.25, 0.3) is 0 Å². The predicted molar refractivity (Wildman–Crippen MR) is 157 cm³/mol. The van der Waals surface area contributed by atoms with Gasteiger partial charge in [0.05, 0.1) is 18.8 Å². The molecule has 1 aliphatic heterocycles. The summed E-state index contributed by atoms with van der Waals surface area (Å²) in [5.74, 6) is 2.07. The second-order valence-corrected chi connectivity index (χ2v) is 11.2. The molecule has 0 aromatic heterocycles. The summed E-state index contributed by atoms with van der Waals surface area (Å²) >= 11 is 0. The minimum absolute atomic E-state index is 0. The van der Waals surface area contributed by atoms with Crippen LogP contribution in [0, 0.1) is 34.5 Å². The Kier molecular flexibility index (Phi) is 9.60. The highest BCUT2D eigenvalue weighted by Gasteiger charge is 2.84. The molecule has 1 N–H and O–H groups in total. The number of carbonyl (C=O) groups is 2. The zero-order chi connectivity index (χ0) is 20.4. The van der Waals surface area contributed by atoms with Crippen molar-refractivity contribution >= 4 is 79.2 Å². The standard InChI is InChI=1S/C24H32O5.5H2S/c1-21-7-4-13(25)10-17(21)14-11-15(14)20-16-5-8-23(27,9-6-19(26)28-3)22(16,2)12-18-24(20,21)29-18;;;;;/h10,14-16,18,20,27H,4-9,11-12H2,1-3H3;5*1H2/t14-,15+,16+,18-,20+,21+,22+,23-,24-;;;;;/m1...../s1. The average molecular weight is 571 g/mol. The van der Waals surface area contributed by atoms with E-state index in [0.29, 0.717) is 36.5 Å². The molecule has 4 saturated carbocycles. The van der Waals surface area contributed by atoms with Gasteiger partial charge in [-0.25, -0.2) is 0 Å². The van der Waals surface area contributed by atoms with E-state index in [0.717, 1.165) is 25.7 Å². The maximum Gasteiger partial charge on any atom is 0.305 e. The molecule has 0 bridgehead atoms. The SMILES string of the molecule is COC(=O)CC[C@]1(O)CC[C@H]2[C@@H]3[C@H]4C[C@H]4C4=CC(=O)CC[C@]4(C)[C@]34O[C@@H]4C[C@@]21C.S.S.S.S.S. The highest BCUT2D eigenvalue weighted by molar-refractivity contribution is 7.60. The van der Waals surface area contributed by atoms with E-state index < -0.39 is 5.60 Å². The first-order valence-corrected chi connectivity index (χ1v) is 11.4. The van der Waals surface area contributed by atoms with Gasteiger partial charge >= 0.3 is 5.97 Å². The first-order valence-electron chi connectivity index (χ1n) is 11.4. The maximum atomic E-state index is 12.2. The van der Waals surface area contributed by atoms with Crippen molar-refractivity contribution in [2.24, 2.45) is 34.5 Å². The van der Waals surface area contributed by atoms with Crippen LogP contribution in [0.3, 0.4) is 0 Å². The second-order valence-electron chi connectivity index (χ2n) is 11.2. The van der Waals surface area contributed by atoms with Crippen molar-refractivity contribution in [3.05, 3.63) is 11.6 Å². The average Bonchev–Trinajstić information content (AvgIpc) is 3.58. The molecule has 1 heterocycles. The van der Waals surface area contributed by atoms with Gasteiger partial charge in [-0.15, -0.1) is 0 Å². The van der Waals surface area contributed by atoms with Crippen molar-refractivity contribution in [1.29, 1.82) is 0 Å². The van der Waals surface area contributed by atoms with Crippen molar-refractivity contribution in [2.75, 3.05) is 7.11 Å². The third-order valence-electron chi connectivity index (χ3n) is 10.4. The Morgan fingerprint density at radius 1 is 1.18 bits per heavy atom. The molecular weight excluding hydrogens is 529 g/mol. The molecule has 0 aromatic carbocycles. The van der Waals surface area contributed by atoms with Gasteiger partial charge in [0.2, 0.25) is 0 Å². The minimum Gasteiger partial charge on any atom is -0.469 e. The van der Waals surface area contributed by atoms with Gasteiger partial charge in [0.15, 0.2) is 5.78 Å². The van der Waals surface area contributed by atoms with Gasteiger partial charge in [0.25, 0.3) is 0 Å². The van der Waals surface area contributed by atoms with E-state index >= 15 is 0 Å². The topological polar surface area (TPSA) is 76.1 Å². The normalized spacial score (nSPS) is 47.9. The first kappa shape index (κ1) is 32.6. The van der Waals surface area contributed by atoms with Crippen molar-refractivity contribution in [3.63, 3.8) is 0 Å². The molecular formula is C24H42O5S5. The molecule has 1 spiro atoms. The number of hydrogen-bond acceptors (Lipinski definition) is 5. The number of esters is 1. The summed E-state index contributed by atoms with van der Waals surface area (Å²) in [4.78, 5) is 24.0. The number of epoxide rings is 1. The zero-order valence-corrected chi connectivity index (χ0v) is 25.2. The molecule has 0 unspecified atom stereocenters. The predicted octanol–water partition coefficient (Wildman–Crippen LogP) is 3.75. The molecule has 0 amide bonds. The summed E-state index contributed by atoms with van der Waals surface area (Å²) in [5.41, 5.74) is 0.177. The molecule has 5 nitrogen and oxygen atoms in total. The van der Waals surface area contributed by atoms with Crippen molar-refractivity contribution in [2.45, 2.75) is 82.5 Å². The second kappa shape index (κ2) is 10.0. The Bertz CT molecular complexity index is 869. The molecule has 6 aliphatic rings.